The predicted molar refractivity (Wildman–Crippen MR) is 61.5 cm³/mol. The van der Waals surface area contributed by atoms with Gasteiger partial charge in [0.1, 0.15) is 0 Å². The molecule has 1 atom stereocenters. The molecule has 0 fully saturated rings. The summed E-state index contributed by atoms with van der Waals surface area (Å²) in [4.78, 5) is 0. The molecular formula is C13H18O2. The van der Waals surface area contributed by atoms with Crippen LogP contribution in [0.5, 0.6) is 0 Å². The molecule has 15 heavy (non-hydrogen) atoms. The van der Waals surface area contributed by atoms with Gasteiger partial charge in [-0.1, -0.05) is 29.8 Å². The molecule has 1 rings (SSSR count). The molecule has 0 aliphatic carbocycles. The molecule has 0 aliphatic heterocycles. The molecule has 0 amide bonds. The molecule has 0 aromatic heterocycles. The van der Waals surface area contributed by atoms with E-state index in [1.54, 1.807) is 6.26 Å². The van der Waals surface area contributed by atoms with Crippen molar-refractivity contribution in [3.05, 3.63) is 47.7 Å². The van der Waals surface area contributed by atoms with Crippen molar-refractivity contribution in [2.24, 2.45) is 0 Å². The zero-order valence-electron chi connectivity index (χ0n) is 9.31. The van der Waals surface area contributed by atoms with Crippen molar-refractivity contribution in [1.82, 2.24) is 0 Å². The fourth-order valence-corrected chi connectivity index (χ4v) is 1.27. The number of aryl methyl sites for hydroxylation is 1. The minimum absolute atomic E-state index is 0.442. The fraction of sp³-hybridized carbons (Fsp3) is 0.385. The Bertz CT molecular complexity index is 301. The van der Waals surface area contributed by atoms with Crippen LogP contribution < -0.4 is 0 Å². The van der Waals surface area contributed by atoms with E-state index < -0.39 is 6.10 Å². The maximum Gasteiger partial charge on any atom is 0.0845 e. The van der Waals surface area contributed by atoms with Gasteiger partial charge >= 0.3 is 0 Å². The van der Waals surface area contributed by atoms with Gasteiger partial charge in [-0.25, -0.2) is 0 Å². The van der Waals surface area contributed by atoms with E-state index in [0.29, 0.717) is 13.0 Å². The third-order valence-electron chi connectivity index (χ3n) is 2.18. The number of aliphatic hydroxyl groups is 1. The van der Waals surface area contributed by atoms with Gasteiger partial charge in [0.2, 0.25) is 0 Å². The SMILES string of the molecule is CCO/C=C/CC(O)c1ccc(C)cc1. The van der Waals surface area contributed by atoms with Gasteiger partial charge in [-0.3, -0.25) is 0 Å². The van der Waals surface area contributed by atoms with E-state index in [2.05, 4.69) is 0 Å². The molecule has 1 N–H and O–H groups in total. The summed E-state index contributed by atoms with van der Waals surface area (Å²) in [5.74, 6) is 0. The first-order chi connectivity index (χ1) is 7.24. The average molecular weight is 206 g/mol. The second kappa shape index (κ2) is 6.25. The molecular weight excluding hydrogens is 188 g/mol. The van der Waals surface area contributed by atoms with E-state index in [9.17, 15) is 5.11 Å². The largest absolute Gasteiger partial charge is 0.502 e. The summed E-state index contributed by atoms with van der Waals surface area (Å²) in [7, 11) is 0. The summed E-state index contributed by atoms with van der Waals surface area (Å²) < 4.78 is 5.05. The van der Waals surface area contributed by atoms with Crippen LogP contribution in [0, 0.1) is 6.92 Å². The number of aliphatic hydroxyl groups excluding tert-OH is 1. The molecule has 1 aromatic carbocycles. The summed E-state index contributed by atoms with van der Waals surface area (Å²) in [5.41, 5.74) is 2.15. The Morgan fingerprint density at radius 2 is 2.00 bits per heavy atom. The molecule has 2 heteroatoms. The van der Waals surface area contributed by atoms with Crippen molar-refractivity contribution in [2.75, 3.05) is 6.61 Å². The third-order valence-corrected chi connectivity index (χ3v) is 2.18. The molecule has 1 aromatic rings. The maximum atomic E-state index is 9.80. The topological polar surface area (TPSA) is 29.5 Å². The van der Waals surface area contributed by atoms with Gasteiger partial charge in [-0.15, -0.1) is 0 Å². The lowest BCUT2D eigenvalue weighted by atomic mass is 10.1. The molecule has 0 aliphatic rings. The van der Waals surface area contributed by atoms with Crippen LogP contribution in [0.15, 0.2) is 36.6 Å². The van der Waals surface area contributed by atoms with Crippen molar-refractivity contribution in [1.29, 1.82) is 0 Å². The van der Waals surface area contributed by atoms with Crippen LogP contribution >= 0.6 is 0 Å². The van der Waals surface area contributed by atoms with Crippen LogP contribution in [0.25, 0.3) is 0 Å². The Morgan fingerprint density at radius 1 is 1.33 bits per heavy atom. The monoisotopic (exact) mass is 206 g/mol. The van der Waals surface area contributed by atoms with Crippen LogP contribution in [0.4, 0.5) is 0 Å². The van der Waals surface area contributed by atoms with E-state index in [4.69, 9.17) is 4.74 Å². The molecule has 0 saturated carbocycles. The lowest BCUT2D eigenvalue weighted by Gasteiger charge is -2.08. The molecule has 0 bridgehead atoms. The van der Waals surface area contributed by atoms with Crippen molar-refractivity contribution >= 4 is 0 Å². The first-order valence-corrected chi connectivity index (χ1v) is 5.25. The first-order valence-electron chi connectivity index (χ1n) is 5.25. The highest BCUT2D eigenvalue weighted by molar-refractivity contribution is 5.23. The summed E-state index contributed by atoms with van der Waals surface area (Å²) in [5, 5.41) is 9.80. The maximum absolute atomic E-state index is 9.80. The van der Waals surface area contributed by atoms with Gasteiger partial charge in [0.15, 0.2) is 0 Å². The molecule has 82 valence electrons. The molecule has 0 spiro atoms. The van der Waals surface area contributed by atoms with Crippen LogP contribution in [0.1, 0.15) is 30.6 Å². The van der Waals surface area contributed by atoms with Crippen LogP contribution in [0.2, 0.25) is 0 Å². The van der Waals surface area contributed by atoms with Gasteiger partial charge in [-0.2, -0.15) is 0 Å². The Hall–Kier alpha value is -1.28. The normalized spacial score (nSPS) is 13.0. The number of hydrogen-bond acceptors (Lipinski definition) is 2. The second-order valence-corrected chi connectivity index (χ2v) is 3.49. The van der Waals surface area contributed by atoms with Gasteiger partial charge in [-0.05, 0) is 31.9 Å². The molecule has 1 unspecified atom stereocenters. The summed E-state index contributed by atoms with van der Waals surface area (Å²) in [6.45, 7) is 4.63. The van der Waals surface area contributed by atoms with Crippen LogP contribution in [-0.4, -0.2) is 11.7 Å². The zero-order chi connectivity index (χ0) is 11.1. The van der Waals surface area contributed by atoms with Crippen molar-refractivity contribution in [3.8, 4) is 0 Å². The lowest BCUT2D eigenvalue weighted by molar-refractivity contribution is 0.179. The third kappa shape index (κ3) is 4.17. The van der Waals surface area contributed by atoms with Crippen LogP contribution in [0.3, 0.4) is 0 Å². The smallest absolute Gasteiger partial charge is 0.0845 e. The summed E-state index contributed by atoms with van der Waals surface area (Å²) >= 11 is 0. The molecule has 0 heterocycles. The predicted octanol–water partition coefficient (Wildman–Crippen LogP) is 2.97. The zero-order valence-corrected chi connectivity index (χ0v) is 9.31. The standard InChI is InChI=1S/C13H18O2/c1-3-15-10-4-5-13(14)12-8-6-11(2)7-9-12/h4,6-10,13-14H,3,5H2,1-2H3/b10-4+. The Morgan fingerprint density at radius 3 is 2.60 bits per heavy atom. The first kappa shape index (κ1) is 11.8. The minimum Gasteiger partial charge on any atom is -0.502 e. The highest BCUT2D eigenvalue weighted by Crippen LogP contribution is 2.17. The number of benzene rings is 1. The van der Waals surface area contributed by atoms with E-state index in [1.165, 1.54) is 5.56 Å². The van der Waals surface area contributed by atoms with Gasteiger partial charge in [0, 0.05) is 0 Å². The van der Waals surface area contributed by atoms with Gasteiger partial charge in [0.25, 0.3) is 0 Å². The van der Waals surface area contributed by atoms with E-state index in [1.807, 2.05) is 44.2 Å². The van der Waals surface area contributed by atoms with E-state index >= 15 is 0 Å². The van der Waals surface area contributed by atoms with E-state index in [0.717, 1.165) is 5.56 Å². The lowest BCUT2D eigenvalue weighted by Crippen LogP contribution is -1.95. The van der Waals surface area contributed by atoms with E-state index in [-0.39, 0.29) is 0 Å². The number of ether oxygens (including phenoxy) is 1. The van der Waals surface area contributed by atoms with Crippen LogP contribution in [-0.2, 0) is 4.74 Å². The molecule has 0 radical (unpaired) electrons. The summed E-state index contributed by atoms with van der Waals surface area (Å²) in [6, 6.07) is 7.92. The highest BCUT2D eigenvalue weighted by Gasteiger charge is 2.04. The highest BCUT2D eigenvalue weighted by atomic mass is 16.5. The minimum atomic E-state index is -0.442. The Labute approximate surface area is 91.2 Å². The molecule has 0 saturated heterocycles. The number of hydrogen-bond donors (Lipinski definition) is 1. The van der Waals surface area contributed by atoms with Gasteiger partial charge < -0.3 is 9.84 Å². The van der Waals surface area contributed by atoms with Crippen molar-refractivity contribution in [2.45, 2.75) is 26.4 Å². The Balaban J connectivity index is 2.46. The van der Waals surface area contributed by atoms with Crippen molar-refractivity contribution in [3.63, 3.8) is 0 Å². The molecule has 2 nitrogen and oxygen atoms in total. The average Bonchev–Trinajstić information content (AvgIpc) is 2.25. The Kier molecular flexibility index (Phi) is 4.91. The second-order valence-electron chi connectivity index (χ2n) is 3.49. The quantitative estimate of drug-likeness (QED) is 0.750. The van der Waals surface area contributed by atoms with Crippen molar-refractivity contribution < 1.29 is 9.84 Å². The number of rotatable bonds is 5. The fourth-order valence-electron chi connectivity index (χ4n) is 1.27. The summed E-state index contributed by atoms with van der Waals surface area (Å²) in [6.07, 6.45) is 3.62. The van der Waals surface area contributed by atoms with Gasteiger partial charge in [0.05, 0.1) is 19.0 Å².